The van der Waals surface area contributed by atoms with Crippen molar-refractivity contribution in [1.29, 1.82) is 0 Å². The monoisotopic (exact) mass is 385 g/mol. The van der Waals surface area contributed by atoms with Crippen LogP contribution in [-0.4, -0.2) is 35.7 Å². The maximum atomic E-state index is 12.8. The Morgan fingerprint density at radius 2 is 2.04 bits per heavy atom. The van der Waals surface area contributed by atoms with Gasteiger partial charge in [0.1, 0.15) is 18.0 Å². The molecule has 2 N–H and O–H groups in total. The zero-order chi connectivity index (χ0) is 18.8. The third kappa shape index (κ3) is 4.10. The highest BCUT2D eigenvalue weighted by Gasteiger charge is 2.35. The van der Waals surface area contributed by atoms with Crippen molar-refractivity contribution in [3.8, 4) is 5.75 Å². The first-order valence-electron chi connectivity index (χ1n) is 9.88. The highest BCUT2D eigenvalue weighted by molar-refractivity contribution is 7.12. The van der Waals surface area contributed by atoms with Gasteiger partial charge in [0.15, 0.2) is 5.78 Å². The van der Waals surface area contributed by atoms with Gasteiger partial charge in [-0.2, -0.15) is 0 Å². The molecule has 0 bridgehead atoms. The number of ketones is 1. The largest absolute Gasteiger partial charge is 0.488 e. The average Bonchev–Trinajstić information content (AvgIpc) is 3.06. The molecule has 2 aliphatic rings. The molecular formula is C22H27NO3S. The van der Waals surface area contributed by atoms with Crippen LogP contribution in [0.15, 0.2) is 36.4 Å². The number of rotatable bonds is 5. The zero-order valence-corrected chi connectivity index (χ0v) is 16.5. The molecule has 0 spiro atoms. The quantitative estimate of drug-likeness (QED) is 0.823. The van der Waals surface area contributed by atoms with Crippen LogP contribution in [0.3, 0.4) is 0 Å². The summed E-state index contributed by atoms with van der Waals surface area (Å²) < 4.78 is 6.00. The number of nitrogens with one attached hydrogen (secondary N) is 1. The van der Waals surface area contributed by atoms with Gasteiger partial charge >= 0.3 is 0 Å². The van der Waals surface area contributed by atoms with Crippen LogP contribution in [0.2, 0.25) is 0 Å². The lowest BCUT2D eigenvalue weighted by Crippen LogP contribution is -2.52. The fourth-order valence-electron chi connectivity index (χ4n) is 4.27. The zero-order valence-electron chi connectivity index (χ0n) is 15.7. The highest BCUT2D eigenvalue weighted by atomic mass is 32.1. The number of ether oxygens (including phenoxy) is 1. The number of Topliss-reactive ketones (excluding diaryl/α,β-unsaturated/α-hetero) is 1. The van der Waals surface area contributed by atoms with E-state index < -0.39 is 6.10 Å². The van der Waals surface area contributed by atoms with E-state index >= 15 is 0 Å². The Labute approximate surface area is 164 Å². The number of fused-ring (bicyclic) bond motifs is 1. The third-order valence-electron chi connectivity index (χ3n) is 5.74. The number of carbonyl (C=O) groups excluding carboxylic acids is 1. The summed E-state index contributed by atoms with van der Waals surface area (Å²) in [5, 5.41) is 14.3. The average molecular weight is 386 g/mol. The summed E-state index contributed by atoms with van der Waals surface area (Å²) in [5.41, 5.74) is 0.921. The molecule has 4 atom stereocenters. The topological polar surface area (TPSA) is 58.6 Å². The number of hydrogen-bond donors (Lipinski definition) is 2. The number of hydrogen-bond acceptors (Lipinski definition) is 5. The minimum absolute atomic E-state index is 0.00844. The Morgan fingerprint density at radius 1 is 1.22 bits per heavy atom. The number of carbonyl (C=O) groups is 1. The lowest BCUT2D eigenvalue weighted by Gasteiger charge is -2.36. The summed E-state index contributed by atoms with van der Waals surface area (Å²) in [6.07, 6.45) is 3.90. The number of para-hydroxylation sites is 1. The number of aliphatic hydroxyl groups is 1. The second-order valence-electron chi connectivity index (χ2n) is 7.70. The van der Waals surface area contributed by atoms with Gasteiger partial charge in [0.05, 0.1) is 0 Å². The molecule has 1 heterocycles. The van der Waals surface area contributed by atoms with Crippen LogP contribution in [0.1, 0.15) is 45.8 Å². The Balaban J connectivity index is 1.34. The second-order valence-corrected chi connectivity index (χ2v) is 9.04. The fourth-order valence-corrected chi connectivity index (χ4v) is 5.32. The summed E-state index contributed by atoms with van der Waals surface area (Å²) in [6.45, 7) is 2.70. The smallest absolute Gasteiger partial charge is 0.168 e. The van der Waals surface area contributed by atoms with E-state index in [2.05, 4.69) is 12.2 Å². The van der Waals surface area contributed by atoms with Gasteiger partial charge < -0.3 is 15.2 Å². The molecule has 0 aliphatic heterocycles. The molecule has 5 heteroatoms. The number of aliphatic hydroxyl groups excluding tert-OH is 1. The first-order valence-corrected chi connectivity index (χ1v) is 10.7. The van der Waals surface area contributed by atoms with Crippen LogP contribution >= 0.6 is 11.3 Å². The van der Waals surface area contributed by atoms with E-state index in [0.717, 1.165) is 43.4 Å². The molecule has 1 saturated carbocycles. The van der Waals surface area contributed by atoms with E-state index in [-0.39, 0.29) is 23.8 Å². The van der Waals surface area contributed by atoms with Crippen LogP contribution < -0.4 is 10.1 Å². The van der Waals surface area contributed by atoms with E-state index in [1.54, 1.807) is 11.3 Å². The lowest BCUT2D eigenvalue weighted by atomic mass is 9.85. The Morgan fingerprint density at radius 3 is 2.85 bits per heavy atom. The van der Waals surface area contributed by atoms with E-state index in [0.29, 0.717) is 6.54 Å². The van der Waals surface area contributed by atoms with Crippen molar-refractivity contribution in [1.82, 2.24) is 5.32 Å². The van der Waals surface area contributed by atoms with Crippen LogP contribution in [0.4, 0.5) is 0 Å². The van der Waals surface area contributed by atoms with Crippen molar-refractivity contribution in [3.63, 3.8) is 0 Å². The maximum absolute atomic E-state index is 12.8. The van der Waals surface area contributed by atoms with Gasteiger partial charge in [0.2, 0.25) is 0 Å². The van der Waals surface area contributed by atoms with E-state index in [9.17, 15) is 9.90 Å². The predicted octanol–water partition coefficient (Wildman–Crippen LogP) is 3.75. The van der Waals surface area contributed by atoms with Gasteiger partial charge in [0.25, 0.3) is 0 Å². The van der Waals surface area contributed by atoms with Gasteiger partial charge in [-0.1, -0.05) is 18.2 Å². The molecule has 0 amide bonds. The number of thiophene rings is 1. The third-order valence-corrected chi connectivity index (χ3v) is 6.85. The molecule has 2 aromatic rings. The Hall–Kier alpha value is -1.69. The normalized spacial score (nSPS) is 28.0. The summed E-state index contributed by atoms with van der Waals surface area (Å²) in [5.74, 6) is 1.06. The van der Waals surface area contributed by atoms with Crippen molar-refractivity contribution in [2.45, 2.75) is 57.3 Å². The van der Waals surface area contributed by atoms with Gasteiger partial charge in [-0.15, -0.1) is 11.3 Å². The Bertz CT molecular complexity index is 788. The van der Waals surface area contributed by atoms with Crippen LogP contribution in [0.5, 0.6) is 5.75 Å². The summed E-state index contributed by atoms with van der Waals surface area (Å²) >= 11 is 1.75. The second kappa shape index (κ2) is 8.13. The van der Waals surface area contributed by atoms with Crippen molar-refractivity contribution < 1.29 is 14.6 Å². The van der Waals surface area contributed by atoms with Crippen LogP contribution in [0, 0.1) is 12.8 Å². The SMILES string of the molecule is Cc1cc2c(s1)CCC(CN[C@H]1CCC[C@@H](Oc3ccccc3)[C@@H]1O)C2=O. The first kappa shape index (κ1) is 18.7. The predicted molar refractivity (Wildman–Crippen MR) is 108 cm³/mol. The summed E-state index contributed by atoms with van der Waals surface area (Å²) in [4.78, 5) is 15.2. The summed E-state index contributed by atoms with van der Waals surface area (Å²) in [7, 11) is 0. The van der Waals surface area contributed by atoms with Gasteiger partial charge in [-0.3, -0.25) is 4.79 Å². The summed E-state index contributed by atoms with van der Waals surface area (Å²) in [6, 6.07) is 11.7. The molecule has 1 fully saturated rings. The van der Waals surface area contributed by atoms with Crippen LogP contribution in [0.25, 0.3) is 0 Å². The number of aryl methyl sites for hydroxylation is 2. The molecule has 4 nitrogen and oxygen atoms in total. The van der Waals surface area contributed by atoms with Crippen molar-refractivity contribution >= 4 is 17.1 Å². The van der Waals surface area contributed by atoms with Crippen LogP contribution in [-0.2, 0) is 6.42 Å². The molecule has 4 rings (SSSR count). The van der Waals surface area contributed by atoms with Gasteiger partial charge in [-0.25, -0.2) is 0 Å². The minimum Gasteiger partial charge on any atom is -0.488 e. The van der Waals surface area contributed by atoms with Crippen molar-refractivity contribution in [2.75, 3.05) is 6.54 Å². The maximum Gasteiger partial charge on any atom is 0.168 e. The highest BCUT2D eigenvalue weighted by Crippen LogP contribution is 2.32. The molecule has 0 radical (unpaired) electrons. The van der Waals surface area contributed by atoms with E-state index in [4.69, 9.17) is 4.74 Å². The molecule has 1 aromatic carbocycles. The first-order chi connectivity index (χ1) is 13.1. The van der Waals surface area contributed by atoms with E-state index in [1.807, 2.05) is 36.4 Å². The number of benzene rings is 1. The molecular weight excluding hydrogens is 358 g/mol. The lowest BCUT2D eigenvalue weighted by molar-refractivity contribution is -0.0160. The molecule has 144 valence electrons. The molecule has 1 aromatic heterocycles. The molecule has 27 heavy (non-hydrogen) atoms. The van der Waals surface area contributed by atoms with Crippen molar-refractivity contribution in [3.05, 3.63) is 51.7 Å². The van der Waals surface area contributed by atoms with E-state index in [1.165, 1.54) is 9.75 Å². The van der Waals surface area contributed by atoms with Crippen molar-refractivity contribution in [2.24, 2.45) is 5.92 Å². The molecule has 1 unspecified atom stereocenters. The van der Waals surface area contributed by atoms with Gasteiger partial charge in [-0.05, 0) is 57.2 Å². The molecule has 0 saturated heterocycles. The standard InChI is InChI=1S/C22H27NO3S/c1-14-12-17-20(27-14)11-10-15(21(17)24)13-23-18-8-5-9-19(22(18)25)26-16-6-3-2-4-7-16/h2-4,6-7,12,15,18-19,22-23,25H,5,8-11,13H2,1H3/t15?,18-,19+,22+/m0/s1. The Kier molecular flexibility index (Phi) is 5.62. The fraction of sp³-hybridized carbons (Fsp3) is 0.500. The molecule has 2 aliphatic carbocycles. The van der Waals surface area contributed by atoms with Gasteiger partial charge in [0, 0.05) is 33.8 Å². The minimum atomic E-state index is -0.559.